The molecule has 3 aliphatic heterocycles. The number of sulfone groups is 1. The number of hydrogen-bond acceptors (Lipinski definition) is 16. The van der Waals surface area contributed by atoms with Crippen LogP contribution in [0.1, 0.15) is 94.4 Å². The number of aliphatic hydroxyl groups is 1. The van der Waals surface area contributed by atoms with Gasteiger partial charge in [-0.3, -0.25) is 4.79 Å². The Morgan fingerprint density at radius 1 is 0.744 bits per heavy atom. The summed E-state index contributed by atoms with van der Waals surface area (Å²) >= 11 is 2.18. The Hall–Kier alpha value is -3.24. The quantitative estimate of drug-likeness (QED) is 0.0384. The molecule has 0 aliphatic carbocycles. The van der Waals surface area contributed by atoms with E-state index < -0.39 is 129 Å². The van der Waals surface area contributed by atoms with Crippen LogP contribution in [0.3, 0.4) is 0 Å². The summed E-state index contributed by atoms with van der Waals surface area (Å²) in [6.07, 6.45) is -8.79. The van der Waals surface area contributed by atoms with Gasteiger partial charge in [0.2, 0.25) is 0 Å². The minimum Gasteiger partial charge on any atom is -0.458 e. The Morgan fingerprint density at radius 2 is 1.31 bits per heavy atom. The number of ether oxygens (including phenoxy) is 8. The van der Waals surface area contributed by atoms with Crippen molar-refractivity contribution >= 4 is 66.8 Å². The van der Waals surface area contributed by atoms with Gasteiger partial charge >= 0.3 is 11.9 Å². The molecule has 3 saturated heterocycles. The molecular weight excluding hydrogens is 1170 g/mol. The summed E-state index contributed by atoms with van der Waals surface area (Å²) in [7, 11) is -5.26. The van der Waals surface area contributed by atoms with E-state index in [2.05, 4.69) is 90.3 Å². The van der Waals surface area contributed by atoms with Gasteiger partial charge in [-0.05, 0) is 95.7 Å². The highest BCUT2D eigenvalue weighted by Crippen LogP contribution is 2.46. The normalized spacial score (nSPS) is 26.5. The second-order valence-electron chi connectivity index (χ2n) is 23.6. The van der Waals surface area contributed by atoms with Crippen LogP contribution in [0.25, 0.3) is 0 Å². The zero-order valence-corrected chi connectivity index (χ0v) is 52.5. The number of methoxy groups -OCH3 is 3. The number of hydrogen-bond donors (Lipinski definition) is 1. The molecule has 20 heteroatoms. The zero-order valence-electron chi connectivity index (χ0n) is 47.5. The van der Waals surface area contributed by atoms with Crippen LogP contribution < -0.4 is 0 Å². The second kappa shape index (κ2) is 27.2. The number of aliphatic hydroxyl groups excluding tert-OH is 1. The van der Waals surface area contributed by atoms with Gasteiger partial charge < -0.3 is 51.9 Å². The highest BCUT2D eigenvalue weighted by Gasteiger charge is 2.58. The molecule has 13 atom stereocenters. The maximum atomic E-state index is 15.5. The fourth-order valence-electron chi connectivity index (χ4n) is 10.0. The molecule has 3 aromatic carbocycles. The van der Waals surface area contributed by atoms with Crippen LogP contribution in [0.5, 0.6) is 0 Å². The minimum atomic E-state index is -4.55. The molecule has 0 spiro atoms. The van der Waals surface area contributed by atoms with E-state index in [0.29, 0.717) is 12.8 Å². The van der Waals surface area contributed by atoms with Crippen molar-refractivity contribution in [3.05, 3.63) is 112 Å². The van der Waals surface area contributed by atoms with E-state index in [-0.39, 0.29) is 52.0 Å². The second-order valence-corrected chi connectivity index (χ2v) is 35.9. The SMILES string of the molecule is COC(C[C@@H]1OC(CC(COC(=O)c2ccccc2)OC(=O)c2ccccc2)[C@H](OC)C1C(C(=O)C[C@H]1CC[C@@H]2OC(C(/C=C/I)O[Si](C)(C)C(C)(C)C)C(O[Si](C)(C)C(C)(C)C)[C@@H](O)[C@H]2O1)S(=O)(=O)c1ccccc1)OC. The van der Waals surface area contributed by atoms with Crippen LogP contribution in [-0.2, 0) is 61.4 Å². The average molecular weight is 1250 g/mol. The van der Waals surface area contributed by atoms with Gasteiger partial charge in [0.25, 0.3) is 0 Å². The van der Waals surface area contributed by atoms with Crippen molar-refractivity contribution in [3.8, 4) is 0 Å². The van der Waals surface area contributed by atoms with Gasteiger partial charge in [-0.1, -0.05) is 119 Å². The van der Waals surface area contributed by atoms with Gasteiger partial charge in [-0.2, -0.15) is 0 Å². The molecule has 0 bridgehead atoms. The Bertz CT molecular complexity index is 2560. The van der Waals surface area contributed by atoms with E-state index >= 15 is 13.2 Å². The molecule has 78 heavy (non-hydrogen) atoms. The molecule has 0 aromatic heterocycles. The van der Waals surface area contributed by atoms with E-state index in [9.17, 15) is 14.7 Å². The molecule has 0 amide bonds. The van der Waals surface area contributed by atoms with Crippen molar-refractivity contribution in [2.24, 2.45) is 5.92 Å². The number of carbonyl (C=O) groups excluding carboxylic acids is 3. The molecule has 432 valence electrons. The lowest BCUT2D eigenvalue weighted by Crippen LogP contribution is -2.67. The van der Waals surface area contributed by atoms with E-state index in [1.165, 1.54) is 33.5 Å². The number of halogens is 1. The van der Waals surface area contributed by atoms with E-state index in [1.54, 1.807) is 78.9 Å². The Balaban J connectivity index is 1.35. The monoisotopic (exact) mass is 1250 g/mol. The van der Waals surface area contributed by atoms with E-state index in [4.69, 9.17) is 46.7 Å². The van der Waals surface area contributed by atoms with Crippen LogP contribution in [0.15, 0.2) is 106 Å². The first-order chi connectivity index (χ1) is 36.7. The van der Waals surface area contributed by atoms with E-state index in [1.807, 2.05) is 10.2 Å². The largest absolute Gasteiger partial charge is 0.458 e. The van der Waals surface area contributed by atoms with Crippen molar-refractivity contribution in [3.63, 3.8) is 0 Å². The molecule has 3 heterocycles. The topological polar surface area (TPSA) is 198 Å². The summed E-state index contributed by atoms with van der Waals surface area (Å²) in [4.78, 5) is 42.4. The summed E-state index contributed by atoms with van der Waals surface area (Å²) in [5.41, 5.74) is 0.535. The Kier molecular flexibility index (Phi) is 22.3. The lowest BCUT2D eigenvalue weighted by atomic mass is 9.84. The Morgan fingerprint density at radius 3 is 1.85 bits per heavy atom. The molecule has 0 saturated carbocycles. The third-order valence-corrected chi connectivity index (χ3v) is 27.9. The first kappa shape index (κ1) is 63.9. The molecule has 7 unspecified atom stereocenters. The van der Waals surface area contributed by atoms with Gasteiger partial charge in [0.1, 0.15) is 42.4 Å². The average Bonchev–Trinajstić information content (AvgIpc) is 3.72. The summed E-state index contributed by atoms with van der Waals surface area (Å²) in [5.74, 6) is -3.20. The number of benzene rings is 3. The van der Waals surface area contributed by atoms with Crippen LogP contribution in [0, 0.1) is 5.92 Å². The zero-order chi connectivity index (χ0) is 57.4. The maximum absolute atomic E-state index is 15.5. The third-order valence-electron chi connectivity index (χ3n) is 16.3. The molecular formula is C58H83IO16SSi2. The molecule has 1 N–H and O–H groups in total. The number of ketones is 1. The van der Waals surface area contributed by atoms with Gasteiger partial charge in [-0.15, -0.1) is 0 Å². The fourth-order valence-corrected chi connectivity index (χ4v) is 15.0. The van der Waals surface area contributed by atoms with Crippen LogP contribution in [-0.4, -0.2) is 155 Å². The van der Waals surface area contributed by atoms with Crippen molar-refractivity contribution in [2.75, 3.05) is 27.9 Å². The lowest BCUT2D eigenvalue weighted by Gasteiger charge is -2.53. The maximum Gasteiger partial charge on any atom is 0.338 e. The van der Waals surface area contributed by atoms with Crippen LogP contribution in [0.4, 0.5) is 0 Å². The van der Waals surface area contributed by atoms with Gasteiger partial charge in [-0.25, -0.2) is 18.0 Å². The van der Waals surface area contributed by atoms with Gasteiger partial charge in [0.15, 0.2) is 38.5 Å². The molecule has 6 rings (SSSR count). The van der Waals surface area contributed by atoms with Gasteiger partial charge in [0.05, 0.1) is 52.6 Å². The molecule has 3 aliphatic rings. The molecule has 3 aromatic rings. The number of fused-ring (bicyclic) bond motifs is 1. The fraction of sp³-hybridized carbons (Fsp3) is 0.603. The highest BCUT2D eigenvalue weighted by molar-refractivity contribution is 14.1. The Labute approximate surface area is 478 Å². The molecule has 0 radical (unpaired) electrons. The minimum absolute atomic E-state index is 0.0313. The highest BCUT2D eigenvalue weighted by atomic mass is 127. The predicted octanol–water partition coefficient (Wildman–Crippen LogP) is 10.1. The van der Waals surface area contributed by atoms with Crippen molar-refractivity contribution in [2.45, 2.75) is 193 Å². The van der Waals surface area contributed by atoms with E-state index in [0.717, 1.165) is 0 Å². The summed E-state index contributed by atoms with van der Waals surface area (Å²) < 4.78 is 96.7. The molecule has 3 fully saturated rings. The smallest absolute Gasteiger partial charge is 0.338 e. The van der Waals surface area contributed by atoms with Crippen molar-refractivity contribution < 1.29 is 74.7 Å². The standard InChI is InChI=1S/C58H83IO16SSi2/c1-57(2,3)77(10,11)74-44(31-32-59)52-53(75-78(12,13)58(4,5)6)49(61)51-43(73-52)30-29-39(70-51)33-42(60)54(76(64,65)41-27-21-16-22-28-41)48-45(35-47(66-7)67-8)72-46(50(48)68-9)34-40(71-56(63)38-25-19-15-20-26-38)36-69-55(62)37-23-17-14-18-24-37/h14-28,31-32,39-40,43-54,61H,29-30,33-36H2,1-13H3/b32-31+/t39-,40?,43+,44?,45+,46?,48?,49+,50+,51+,52?,53?,54?/m1/s1. The summed E-state index contributed by atoms with van der Waals surface area (Å²) in [5, 5.41) is 10.5. The number of esters is 2. The predicted molar refractivity (Wildman–Crippen MR) is 309 cm³/mol. The number of carbonyl (C=O) groups is 3. The summed E-state index contributed by atoms with van der Waals surface area (Å²) in [6.45, 7) is 21.1. The molecule has 16 nitrogen and oxygen atoms in total. The first-order valence-electron chi connectivity index (χ1n) is 26.8. The first-order valence-corrected chi connectivity index (χ1v) is 35.4. The van der Waals surface area contributed by atoms with Crippen molar-refractivity contribution in [1.82, 2.24) is 0 Å². The number of Topliss-reactive ketones (excluding diaryl/α,β-unsaturated/α-hetero) is 1. The van der Waals surface area contributed by atoms with Crippen LogP contribution in [0.2, 0.25) is 36.3 Å². The van der Waals surface area contributed by atoms with Crippen molar-refractivity contribution in [1.29, 1.82) is 0 Å². The van der Waals surface area contributed by atoms with Crippen LogP contribution >= 0.6 is 22.6 Å². The summed E-state index contributed by atoms with van der Waals surface area (Å²) in [6, 6.07) is 24.4. The third kappa shape index (κ3) is 15.4. The lowest BCUT2D eigenvalue weighted by molar-refractivity contribution is -0.269. The van der Waals surface area contributed by atoms with Gasteiger partial charge in [0, 0.05) is 46.5 Å². The number of rotatable bonds is 24.